The van der Waals surface area contributed by atoms with Gasteiger partial charge in [-0.1, -0.05) is 32.0 Å². The molecule has 1 saturated heterocycles. The second-order valence-electron chi connectivity index (χ2n) is 11.1. The van der Waals surface area contributed by atoms with Crippen molar-refractivity contribution in [1.82, 2.24) is 10.2 Å². The van der Waals surface area contributed by atoms with E-state index in [4.69, 9.17) is 0 Å². The number of hydrogen-bond acceptors (Lipinski definition) is 2. The molecule has 0 radical (unpaired) electrons. The Balaban J connectivity index is 1.34. The molecule has 0 aromatic heterocycles. The summed E-state index contributed by atoms with van der Waals surface area (Å²) in [6.45, 7) is 4.96. The molecule has 5 rings (SSSR count). The van der Waals surface area contributed by atoms with E-state index in [1.807, 2.05) is 37.4 Å². The van der Waals surface area contributed by atoms with Crippen LogP contribution in [0.15, 0.2) is 30.3 Å². The maximum Gasteiger partial charge on any atom is 0.251 e. The van der Waals surface area contributed by atoms with Gasteiger partial charge in [0.1, 0.15) is 0 Å². The fraction of sp³-hybridized carbons (Fsp3) is 0.692. The number of hydrogen-bond donors (Lipinski definition) is 1. The number of carbonyl (C=O) groups is 2. The fourth-order valence-corrected chi connectivity index (χ4v) is 8.18. The average molecular weight is 409 g/mol. The van der Waals surface area contributed by atoms with Gasteiger partial charge in [0.05, 0.1) is 0 Å². The number of rotatable bonds is 2. The summed E-state index contributed by atoms with van der Waals surface area (Å²) in [5.74, 6) is 2.56. The monoisotopic (exact) mass is 408 g/mol. The van der Waals surface area contributed by atoms with E-state index in [0.29, 0.717) is 35.6 Å². The number of piperidine rings is 1. The third kappa shape index (κ3) is 3.01. The standard InChI is InChI=1S/C26H36N2O2/c1-25-13-11-20-19(9-10-22-26(20,2)14-12-23(29)28(22)3)21(25)15-18(16-25)27-24(30)17-7-5-4-6-8-17/h4-8,18-22H,9-16H2,1-3H3,(H,27,30)/t18?,19-,20+,21+,22-,25-,26-/m1/s1. The molecule has 4 heteroatoms. The SMILES string of the molecule is CN1C(=O)CC[C@]2(C)[C@H]3CC[C@]4(C)CC(NC(=O)c5ccccc5)C[C@H]4[C@@H]3CC[C@@H]12. The zero-order chi connectivity index (χ0) is 21.1. The van der Waals surface area contributed by atoms with Crippen molar-refractivity contribution in [3.63, 3.8) is 0 Å². The minimum absolute atomic E-state index is 0.0717. The molecule has 1 aromatic carbocycles. The second kappa shape index (κ2) is 7.10. The summed E-state index contributed by atoms with van der Waals surface area (Å²) in [6, 6.07) is 10.3. The Labute approximate surface area is 180 Å². The number of likely N-dealkylation sites (tertiary alicyclic amines) is 1. The van der Waals surface area contributed by atoms with Gasteiger partial charge in [-0.3, -0.25) is 9.59 Å². The first kappa shape index (κ1) is 20.1. The number of carbonyl (C=O) groups excluding carboxylic acids is 2. The van der Waals surface area contributed by atoms with E-state index in [0.717, 1.165) is 37.2 Å². The van der Waals surface area contributed by atoms with Gasteiger partial charge in [-0.15, -0.1) is 0 Å². The van der Waals surface area contributed by atoms with Gasteiger partial charge in [0.25, 0.3) is 5.91 Å². The molecule has 3 saturated carbocycles. The van der Waals surface area contributed by atoms with Crippen molar-refractivity contribution in [2.24, 2.45) is 28.6 Å². The molecule has 0 spiro atoms. The molecule has 4 nitrogen and oxygen atoms in total. The lowest BCUT2D eigenvalue weighted by Gasteiger charge is -2.61. The smallest absolute Gasteiger partial charge is 0.251 e. The van der Waals surface area contributed by atoms with Crippen molar-refractivity contribution in [3.05, 3.63) is 35.9 Å². The molecular weight excluding hydrogens is 372 g/mol. The third-order valence-corrected chi connectivity index (χ3v) is 9.70. The minimum atomic E-state index is 0.0717. The molecule has 30 heavy (non-hydrogen) atoms. The highest BCUT2D eigenvalue weighted by atomic mass is 16.2. The van der Waals surface area contributed by atoms with Crippen LogP contribution in [0, 0.1) is 28.6 Å². The molecule has 3 aliphatic carbocycles. The van der Waals surface area contributed by atoms with Gasteiger partial charge in [0.2, 0.25) is 5.91 Å². The van der Waals surface area contributed by atoms with Crippen molar-refractivity contribution in [2.45, 2.75) is 77.3 Å². The van der Waals surface area contributed by atoms with Crippen LogP contribution in [0.1, 0.15) is 75.6 Å². The van der Waals surface area contributed by atoms with Crippen LogP contribution in [0.25, 0.3) is 0 Å². The molecule has 4 fully saturated rings. The van der Waals surface area contributed by atoms with Gasteiger partial charge in [0.15, 0.2) is 0 Å². The summed E-state index contributed by atoms with van der Waals surface area (Å²) in [5.41, 5.74) is 1.37. The maximum absolute atomic E-state index is 12.8. The Morgan fingerprint density at radius 2 is 1.83 bits per heavy atom. The van der Waals surface area contributed by atoms with Crippen LogP contribution in [0.3, 0.4) is 0 Å². The lowest BCUT2D eigenvalue weighted by molar-refractivity contribution is -0.156. The summed E-state index contributed by atoms with van der Waals surface area (Å²) in [5, 5.41) is 3.36. The Morgan fingerprint density at radius 1 is 1.07 bits per heavy atom. The number of benzene rings is 1. The van der Waals surface area contributed by atoms with Gasteiger partial charge in [-0.2, -0.15) is 0 Å². The quantitative estimate of drug-likeness (QED) is 0.774. The van der Waals surface area contributed by atoms with E-state index in [9.17, 15) is 9.59 Å². The molecule has 1 heterocycles. The van der Waals surface area contributed by atoms with Gasteiger partial charge in [-0.05, 0) is 85.7 Å². The number of nitrogens with zero attached hydrogens (tertiary/aromatic N) is 1. The molecule has 1 unspecified atom stereocenters. The zero-order valence-corrected chi connectivity index (χ0v) is 18.7. The highest BCUT2D eigenvalue weighted by molar-refractivity contribution is 5.94. The number of amides is 2. The van der Waals surface area contributed by atoms with Crippen LogP contribution in [-0.2, 0) is 4.79 Å². The first-order valence-corrected chi connectivity index (χ1v) is 11.9. The van der Waals surface area contributed by atoms with Gasteiger partial charge >= 0.3 is 0 Å². The predicted octanol–water partition coefficient (Wildman–Crippen LogP) is 4.65. The molecule has 162 valence electrons. The normalized spacial score (nSPS) is 42.8. The van der Waals surface area contributed by atoms with Crippen LogP contribution in [0.4, 0.5) is 0 Å². The van der Waals surface area contributed by atoms with Crippen molar-refractivity contribution < 1.29 is 9.59 Å². The van der Waals surface area contributed by atoms with E-state index in [1.165, 1.54) is 19.3 Å². The lowest BCUT2D eigenvalue weighted by atomic mass is 9.47. The van der Waals surface area contributed by atoms with E-state index in [2.05, 4.69) is 24.1 Å². The highest BCUT2D eigenvalue weighted by Crippen LogP contribution is 2.64. The first-order chi connectivity index (χ1) is 14.3. The summed E-state index contributed by atoms with van der Waals surface area (Å²) in [6.07, 6.45) is 8.92. The first-order valence-electron chi connectivity index (χ1n) is 11.9. The number of fused-ring (bicyclic) bond motifs is 5. The van der Waals surface area contributed by atoms with Crippen molar-refractivity contribution >= 4 is 11.8 Å². The van der Waals surface area contributed by atoms with E-state index < -0.39 is 0 Å². The van der Waals surface area contributed by atoms with Crippen LogP contribution < -0.4 is 5.32 Å². The summed E-state index contributed by atoms with van der Waals surface area (Å²) >= 11 is 0. The van der Waals surface area contributed by atoms with Gasteiger partial charge < -0.3 is 10.2 Å². The van der Waals surface area contributed by atoms with E-state index >= 15 is 0 Å². The van der Waals surface area contributed by atoms with Crippen molar-refractivity contribution in [2.75, 3.05) is 7.05 Å². The van der Waals surface area contributed by atoms with Crippen molar-refractivity contribution in [3.8, 4) is 0 Å². The summed E-state index contributed by atoms with van der Waals surface area (Å²) in [7, 11) is 2.03. The van der Waals surface area contributed by atoms with E-state index in [-0.39, 0.29) is 17.4 Å². The summed E-state index contributed by atoms with van der Waals surface area (Å²) < 4.78 is 0. The minimum Gasteiger partial charge on any atom is -0.349 e. The topological polar surface area (TPSA) is 49.4 Å². The van der Waals surface area contributed by atoms with Crippen LogP contribution in [0.5, 0.6) is 0 Å². The molecule has 0 bridgehead atoms. The Kier molecular flexibility index (Phi) is 4.75. The third-order valence-electron chi connectivity index (χ3n) is 9.70. The molecule has 2 amide bonds. The van der Waals surface area contributed by atoms with Gasteiger partial charge in [0, 0.05) is 31.1 Å². The maximum atomic E-state index is 12.8. The fourth-order valence-electron chi connectivity index (χ4n) is 8.18. The largest absolute Gasteiger partial charge is 0.349 e. The highest BCUT2D eigenvalue weighted by Gasteiger charge is 2.60. The second-order valence-corrected chi connectivity index (χ2v) is 11.1. The Morgan fingerprint density at radius 3 is 2.60 bits per heavy atom. The predicted molar refractivity (Wildman–Crippen MR) is 118 cm³/mol. The molecular formula is C26H36N2O2. The molecule has 1 N–H and O–H groups in total. The Bertz CT molecular complexity index is 839. The van der Waals surface area contributed by atoms with Crippen LogP contribution in [-0.4, -0.2) is 35.8 Å². The van der Waals surface area contributed by atoms with E-state index in [1.54, 1.807) is 0 Å². The average Bonchev–Trinajstić information content (AvgIpc) is 3.08. The summed E-state index contributed by atoms with van der Waals surface area (Å²) in [4.78, 5) is 27.2. The van der Waals surface area contributed by atoms with Gasteiger partial charge in [-0.25, -0.2) is 0 Å². The number of nitrogens with one attached hydrogen (secondary N) is 1. The molecule has 7 atom stereocenters. The molecule has 1 aliphatic heterocycles. The van der Waals surface area contributed by atoms with Crippen LogP contribution >= 0.6 is 0 Å². The molecule has 4 aliphatic rings. The Hall–Kier alpha value is -1.84. The zero-order valence-electron chi connectivity index (χ0n) is 18.7. The van der Waals surface area contributed by atoms with Crippen LogP contribution in [0.2, 0.25) is 0 Å². The van der Waals surface area contributed by atoms with Crippen molar-refractivity contribution in [1.29, 1.82) is 0 Å². The lowest BCUT2D eigenvalue weighted by Crippen LogP contribution is -2.61. The molecule has 1 aromatic rings.